The Morgan fingerprint density at radius 3 is 2.53 bits per heavy atom. The molecule has 3 aliphatic heterocycles. The first-order valence-electron chi connectivity index (χ1n) is 10.6. The van der Waals surface area contributed by atoms with Crippen LogP contribution in [0.3, 0.4) is 0 Å². The highest BCUT2D eigenvalue weighted by molar-refractivity contribution is 5.76. The lowest BCUT2D eigenvalue weighted by Gasteiger charge is -2.41. The van der Waals surface area contributed by atoms with E-state index in [1.807, 2.05) is 11.0 Å². The topological polar surface area (TPSA) is 101 Å². The number of pyridine rings is 1. The summed E-state index contributed by atoms with van der Waals surface area (Å²) in [5, 5.41) is 16.6. The monoisotopic (exact) mass is 451 g/mol. The molecule has 12 heteroatoms. The maximum absolute atomic E-state index is 13.0. The molecule has 2 unspecified atom stereocenters. The molecule has 3 aliphatic rings. The Hall–Kier alpha value is -2.89. The molecule has 2 N–H and O–H groups in total. The number of aromatic nitrogens is 4. The number of hydrogen-bond donors (Lipinski definition) is 2. The summed E-state index contributed by atoms with van der Waals surface area (Å²) in [6.07, 6.45) is -1.05. The molecular formula is C20H24F3N7O2. The predicted octanol–water partition coefficient (Wildman–Crippen LogP) is 1.71. The van der Waals surface area contributed by atoms with E-state index in [-0.39, 0.29) is 30.8 Å². The molecule has 2 amide bonds. The van der Waals surface area contributed by atoms with Crippen molar-refractivity contribution in [2.75, 3.05) is 44.2 Å². The minimum absolute atomic E-state index is 0.0105. The number of urea groups is 1. The number of nitrogens with one attached hydrogen (secondary N) is 1. The lowest BCUT2D eigenvalue weighted by Crippen LogP contribution is -2.53. The van der Waals surface area contributed by atoms with Crippen molar-refractivity contribution in [2.45, 2.75) is 36.5 Å². The Morgan fingerprint density at radius 1 is 1.12 bits per heavy atom. The van der Waals surface area contributed by atoms with Gasteiger partial charge in [0.15, 0.2) is 5.60 Å². The summed E-state index contributed by atoms with van der Waals surface area (Å²) in [6.45, 7) is 2.05. The van der Waals surface area contributed by atoms with Gasteiger partial charge in [-0.05, 0) is 18.1 Å². The summed E-state index contributed by atoms with van der Waals surface area (Å²) >= 11 is 0. The van der Waals surface area contributed by atoms with E-state index >= 15 is 0 Å². The molecule has 172 valence electrons. The fraction of sp³-hybridized carbons (Fsp3) is 0.600. The maximum Gasteiger partial charge on any atom is 0.418 e. The van der Waals surface area contributed by atoms with Crippen molar-refractivity contribution in [3.05, 3.63) is 36.0 Å². The van der Waals surface area contributed by atoms with E-state index < -0.39 is 18.3 Å². The van der Waals surface area contributed by atoms with Crippen molar-refractivity contribution >= 4 is 11.8 Å². The third kappa shape index (κ3) is 3.65. The number of hydrogen-bond acceptors (Lipinski definition) is 6. The second kappa shape index (κ2) is 7.61. The lowest BCUT2D eigenvalue weighted by atomic mass is 9.93. The van der Waals surface area contributed by atoms with Crippen LogP contribution in [0.15, 0.2) is 24.7 Å². The van der Waals surface area contributed by atoms with Gasteiger partial charge in [0.05, 0.1) is 6.54 Å². The summed E-state index contributed by atoms with van der Waals surface area (Å²) in [6, 6.07) is 3.54. The maximum atomic E-state index is 13.0. The Balaban J connectivity index is 1.14. The molecule has 3 fully saturated rings. The third-order valence-corrected chi connectivity index (χ3v) is 6.77. The van der Waals surface area contributed by atoms with E-state index in [4.69, 9.17) is 0 Å². The number of anilines is 1. The van der Waals surface area contributed by atoms with Crippen LogP contribution < -0.4 is 4.90 Å². The number of H-pyrrole nitrogens is 1. The molecule has 0 spiro atoms. The number of alkyl halides is 3. The average Bonchev–Trinajstić information content (AvgIpc) is 3.47. The minimum atomic E-state index is -4.66. The van der Waals surface area contributed by atoms with Crippen LogP contribution in [-0.2, 0) is 0 Å². The Bertz CT molecular complexity index is 963. The molecule has 5 rings (SSSR count). The fourth-order valence-corrected chi connectivity index (χ4v) is 4.66. The van der Waals surface area contributed by atoms with E-state index in [1.54, 1.807) is 17.2 Å². The number of likely N-dealkylation sites (tertiary alicyclic amines) is 2. The number of nitrogens with zero attached hydrogens (tertiary/aromatic N) is 6. The first-order chi connectivity index (χ1) is 15.2. The second-order valence-electron chi connectivity index (χ2n) is 8.84. The number of carbonyl (C=O) groups is 1. The fourth-order valence-electron chi connectivity index (χ4n) is 4.66. The first kappa shape index (κ1) is 21.0. The zero-order valence-corrected chi connectivity index (χ0v) is 17.3. The van der Waals surface area contributed by atoms with Crippen LogP contribution in [0, 0.1) is 0 Å². The summed E-state index contributed by atoms with van der Waals surface area (Å²) in [5.74, 6) is 1.55. The van der Waals surface area contributed by atoms with Gasteiger partial charge < -0.3 is 19.8 Å². The molecule has 0 saturated carbocycles. The molecule has 9 nitrogen and oxygen atoms in total. The highest BCUT2D eigenvalue weighted by Gasteiger charge is 2.57. The number of aromatic amines is 1. The van der Waals surface area contributed by atoms with Crippen LogP contribution in [-0.4, -0.2) is 92.1 Å². The molecule has 32 heavy (non-hydrogen) atoms. The van der Waals surface area contributed by atoms with Gasteiger partial charge >= 0.3 is 12.2 Å². The quantitative estimate of drug-likeness (QED) is 0.737. The zero-order chi connectivity index (χ0) is 22.5. The number of carbonyl (C=O) groups excluding carboxylic acids is 1. The Morgan fingerprint density at radius 2 is 1.91 bits per heavy atom. The summed E-state index contributed by atoms with van der Waals surface area (Å²) in [4.78, 5) is 26.3. The van der Waals surface area contributed by atoms with Crippen molar-refractivity contribution in [3.8, 4) is 0 Å². The van der Waals surface area contributed by atoms with Crippen LogP contribution >= 0.6 is 0 Å². The van der Waals surface area contributed by atoms with Crippen molar-refractivity contribution < 1.29 is 23.1 Å². The van der Waals surface area contributed by atoms with Gasteiger partial charge in [0.1, 0.15) is 18.0 Å². The largest absolute Gasteiger partial charge is 0.418 e. The predicted molar refractivity (Wildman–Crippen MR) is 107 cm³/mol. The summed E-state index contributed by atoms with van der Waals surface area (Å²) in [5.41, 5.74) is -1.74. The highest BCUT2D eigenvalue weighted by Crippen LogP contribution is 2.39. The Kier molecular flexibility index (Phi) is 4.99. The van der Waals surface area contributed by atoms with Gasteiger partial charge in [-0.25, -0.2) is 14.8 Å². The normalized spacial score (nSPS) is 26.6. The van der Waals surface area contributed by atoms with Crippen molar-refractivity contribution in [2.24, 2.45) is 0 Å². The van der Waals surface area contributed by atoms with Crippen LogP contribution in [0.2, 0.25) is 0 Å². The third-order valence-electron chi connectivity index (χ3n) is 6.77. The van der Waals surface area contributed by atoms with Crippen molar-refractivity contribution in [1.29, 1.82) is 0 Å². The van der Waals surface area contributed by atoms with Crippen molar-refractivity contribution in [1.82, 2.24) is 30.0 Å². The summed E-state index contributed by atoms with van der Waals surface area (Å²) in [7, 11) is 0. The molecule has 0 aliphatic carbocycles. The van der Waals surface area contributed by atoms with Crippen molar-refractivity contribution in [3.63, 3.8) is 0 Å². The molecular weight excluding hydrogens is 427 g/mol. The van der Waals surface area contributed by atoms with Gasteiger partial charge in [-0.1, -0.05) is 6.07 Å². The van der Waals surface area contributed by atoms with Gasteiger partial charge in [0, 0.05) is 57.2 Å². The molecule has 0 radical (unpaired) electrons. The smallest absolute Gasteiger partial charge is 0.379 e. The van der Waals surface area contributed by atoms with Gasteiger partial charge in [-0.2, -0.15) is 18.3 Å². The van der Waals surface area contributed by atoms with Crippen LogP contribution in [0.4, 0.5) is 23.8 Å². The Labute approximate surface area is 182 Å². The molecule has 0 bridgehead atoms. The number of amides is 2. The molecule has 0 aromatic carbocycles. The summed E-state index contributed by atoms with van der Waals surface area (Å²) < 4.78 is 39.1. The van der Waals surface area contributed by atoms with E-state index in [2.05, 4.69) is 20.2 Å². The molecule has 2 atom stereocenters. The average molecular weight is 451 g/mol. The van der Waals surface area contributed by atoms with Crippen LogP contribution in [0.25, 0.3) is 0 Å². The van der Waals surface area contributed by atoms with Gasteiger partial charge in [0.2, 0.25) is 0 Å². The molecule has 5 heterocycles. The van der Waals surface area contributed by atoms with Crippen LogP contribution in [0.1, 0.15) is 36.1 Å². The molecule has 2 aromatic rings. The number of rotatable bonds is 3. The number of aliphatic hydroxyl groups is 1. The number of β-amino-alcohol motifs (C(OH)–C–C–N with tert-alkyl or cyclic N) is 1. The van der Waals surface area contributed by atoms with Crippen LogP contribution in [0.5, 0.6) is 0 Å². The first-order valence-corrected chi connectivity index (χ1v) is 10.6. The van der Waals surface area contributed by atoms with Gasteiger partial charge in [0.25, 0.3) is 0 Å². The molecule has 3 saturated heterocycles. The highest BCUT2D eigenvalue weighted by atomic mass is 19.4. The SMILES string of the molecule is O=C(N1CC(c2ccc(N3CCC(O)(C(F)(F)F)C3)nc2)C1)N1CCC(c2ncn[nH]2)C1. The van der Waals surface area contributed by atoms with E-state index in [0.717, 1.165) is 17.8 Å². The number of halogens is 3. The van der Waals surface area contributed by atoms with Gasteiger partial charge in [-0.15, -0.1) is 0 Å². The zero-order valence-electron chi connectivity index (χ0n) is 17.3. The van der Waals surface area contributed by atoms with E-state index in [1.165, 1.54) is 11.2 Å². The van der Waals surface area contributed by atoms with E-state index in [0.29, 0.717) is 32.0 Å². The van der Waals surface area contributed by atoms with Gasteiger partial charge in [-0.3, -0.25) is 5.10 Å². The standard InChI is InChI=1S/C20H24F3N7O2/c21-20(22,23)19(32)4-6-29(11-19)16-2-1-13(7-24-16)15-9-30(10-15)18(31)28-5-3-14(8-28)17-25-12-26-27-17/h1-2,7,12,14-15,32H,3-6,8-11H2,(H,25,26,27). The minimum Gasteiger partial charge on any atom is -0.379 e. The van der Waals surface area contributed by atoms with E-state index in [9.17, 15) is 23.1 Å². The lowest BCUT2D eigenvalue weighted by molar-refractivity contribution is -0.250. The molecule has 2 aromatic heterocycles. The second-order valence-corrected chi connectivity index (χ2v) is 8.84.